The van der Waals surface area contributed by atoms with E-state index >= 15 is 0 Å². The van der Waals surface area contributed by atoms with E-state index in [1.165, 1.54) is 0 Å². The predicted octanol–water partition coefficient (Wildman–Crippen LogP) is 3.17. The molecule has 1 heterocycles. The van der Waals surface area contributed by atoms with Gasteiger partial charge in [0.25, 0.3) is 0 Å². The first kappa shape index (κ1) is 16.0. The highest BCUT2D eigenvalue weighted by atomic mass is 35.5. The highest BCUT2D eigenvalue weighted by Gasteiger charge is 2.11. The van der Waals surface area contributed by atoms with Crippen molar-refractivity contribution in [2.45, 2.75) is 25.7 Å². The fourth-order valence-electron chi connectivity index (χ4n) is 1.69. The molecule has 0 amide bonds. The molecular formula is C15H14ClN3O3. The van der Waals surface area contributed by atoms with Gasteiger partial charge in [-0.3, -0.25) is 4.79 Å². The second-order valence-corrected chi connectivity index (χ2v) is 4.94. The third-order valence-electron chi connectivity index (χ3n) is 2.81. The van der Waals surface area contributed by atoms with Crippen LogP contribution in [0.4, 0.5) is 0 Å². The Labute approximate surface area is 132 Å². The Morgan fingerprint density at radius 3 is 2.86 bits per heavy atom. The van der Waals surface area contributed by atoms with Crippen LogP contribution < -0.4 is 0 Å². The molecule has 0 fully saturated rings. The van der Waals surface area contributed by atoms with Gasteiger partial charge < -0.3 is 9.26 Å². The minimum atomic E-state index is -0.343. The Balaban J connectivity index is 1.81. The number of aryl methyl sites for hydroxylation is 1. The fraction of sp³-hybridized carbons (Fsp3) is 0.333. The monoisotopic (exact) mass is 319 g/mol. The number of carbonyl (C=O) groups is 1. The molecule has 0 bridgehead atoms. The van der Waals surface area contributed by atoms with Crippen LogP contribution in [0.3, 0.4) is 0 Å². The Bertz CT molecular complexity index is 661. The number of rotatable bonds is 7. The molecular weight excluding hydrogens is 306 g/mol. The van der Waals surface area contributed by atoms with Gasteiger partial charge in [-0.15, -0.1) is 0 Å². The second kappa shape index (κ2) is 8.15. The van der Waals surface area contributed by atoms with Crippen molar-refractivity contribution in [3.63, 3.8) is 0 Å². The molecule has 114 valence electrons. The number of ether oxygens (including phenoxy) is 1. The summed E-state index contributed by atoms with van der Waals surface area (Å²) in [4.78, 5) is 15.7. The van der Waals surface area contributed by atoms with Gasteiger partial charge in [-0.1, -0.05) is 16.8 Å². The SMILES string of the molecule is N#CCCCOC(=O)CCc1nc(-c2ccc(Cl)cc2)no1. The molecule has 2 aromatic rings. The molecule has 1 aromatic heterocycles. The van der Waals surface area contributed by atoms with Crippen molar-refractivity contribution in [3.05, 3.63) is 35.2 Å². The third kappa shape index (κ3) is 4.86. The number of esters is 1. The second-order valence-electron chi connectivity index (χ2n) is 4.50. The zero-order valence-corrected chi connectivity index (χ0v) is 12.5. The van der Waals surface area contributed by atoms with Crippen LogP contribution in [0.2, 0.25) is 5.02 Å². The van der Waals surface area contributed by atoms with E-state index in [-0.39, 0.29) is 19.0 Å². The van der Waals surface area contributed by atoms with Crippen LogP contribution in [0.15, 0.2) is 28.8 Å². The molecule has 22 heavy (non-hydrogen) atoms. The largest absolute Gasteiger partial charge is 0.466 e. The number of hydrogen-bond acceptors (Lipinski definition) is 6. The predicted molar refractivity (Wildman–Crippen MR) is 78.9 cm³/mol. The zero-order chi connectivity index (χ0) is 15.8. The summed E-state index contributed by atoms with van der Waals surface area (Å²) >= 11 is 5.82. The molecule has 2 rings (SSSR count). The fourth-order valence-corrected chi connectivity index (χ4v) is 1.82. The van der Waals surface area contributed by atoms with Gasteiger partial charge in [-0.2, -0.15) is 10.2 Å². The quantitative estimate of drug-likeness (QED) is 0.575. The summed E-state index contributed by atoms with van der Waals surface area (Å²) in [6, 6.07) is 9.06. The van der Waals surface area contributed by atoms with Crippen molar-refractivity contribution in [2.75, 3.05) is 6.61 Å². The lowest BCUT2D eigenvalue weighted by atomic mass is 10.2. The summed E-state index contributed by atoms with van der Waals surface area (Å²) in [6.07, 6.45) is 1.40. The number of benzene rings is 1. The Hall–Kier alpha value is -2.39. The molecule has 0 aliphatic heterocycles. The van der Waals surface area contributed by atoms with Crippen LogP contribution in [0.25, 0.3) is 11.4 Å². The summed E-state index contributed by atoms with van der Waals surface area (Å²) in [5.41, 5.74) is 0.790. The number of nitrogens with zero attached hydrogens (tertiary/aromatic N) is 3. The van der Waals surface area contributed by atoms with E-state index in [4.69, 9.17) is 26.1 Å². The van der Waals surface area contributed by atoms with Gasteiger partial charge >= 0.3 is 5.97 Å². The average Bonchev–Trinajstić information content (AvgIpc) is 2.99. The lowest BCUT2D eigenvalue weighted by Crippen LogP contribution is -2.07. The molecule has 0 aliphatic rings. The van der Waals surface area contributed by atoms with Gasteiger partial charge in [0.2, 0.25) is 11.7 Å². The first-order valence-corrected chi connectivity index (χ1v) is 7.18. The highest BCUT2D eigenvalue weighted by Crippen LogP contribution is 2.19. The molecule has 7 heteroatoms. The van der Waals surface area contributed by atoms with Crippen molar-refractivity contribution in [2.24, 2.45) is 0 Å². The molecule has 0 unspecified atom stereocenters. The van der Waals surface area contributed by atoms with Gasteiger partial charge in [-0.05, 0) is 30.7 Å². The van der Waals surface area contributed by atoms with Gasteiger partial charge in [-0.25, -0.2) is 0 Å². The Morgan fingerprint density at radius 1 is 1.36 bits per heavy atom. The normalized spacial score (nSPS) is 10.2. The number of hydrogen-bond donors (Lipinski definition) is 0. The minimum Gasteiger partial charge on any atom is -0.466 e. The summed E-state index contributed by atoms with van der Waals surface area (Å²) in [5, 5.41) is 12.9. The highest BCUT2D eigenvalue weighted by molar-refractivity contribution is 6.30. The van der Waals surface area contributed by atoms with Crippen molar-refractivity contribution < 1.29 is 14.1 Å². The van der Waals surface area contributed by atoms with Crippen LogP contribution in [-0.4, -0.2) is 22.7 Å². The first-order chi connectivity index (χ1) is 10.7. The van der Waals surface area contributed by atoms with E-state index in [9.17, 15) is 4.79 Å². The van der Waals surface area contributed by atoms with E-state index in [0.717, 1.165) is 5.56 Å². The van der Waals surface area contributed by atoms with Crippen LogP contribution in [0.1, 0.15) is 25.2 Å². The van der Waals surface area contributed by atoms with Crippen molar-refractivity contribution >= 4 is 17.6 Å². The lowest BCUT2D eigenvalue weighted by molar-refractivity contribution is -0.143. The van der Waals surface area contributed by atoms with Crippen LogP contribution in [-0.2, 0) is 16.0 Å². The molecule has 0 N–H and O–H groups in total. The van der Waals surface area contributed by atoms with E-state index < -0.39 is 0 Å². The number of nitriles is 1. The molecule has 6 nitrogen and oxygen atoms in total. The maximum Gasteiger partial charge on any atom is 0.306 e. The first-order valence-electron chi connectivity index (χ1n) is 6.80. The average molecular weight is 320 g/mol. The molecule has 0 atom stereocenters. The topological polar surface area (TPSA) is 89.0 Å². The molecule has 0 aliphatic carbocycles. The number of carbonyl (C=O) groups excluding carboxylic acids is 1. The van der Waals surface area contributed by atoms with E-state index in [2.05, 4.69) is 10.1 Å². The van der Waals surface area contributed by atoms with E-state index in [1.54, 1.807) is 24.3 Å². The third-order valence-corrected chi connectivity index (χ3v) is 3.06. The van der Waals surface area contributed by atoms with E-state index in [0.29, 0.717) is 36.0 Å². The van der Waals surface area contributed by atoms with Crippen molar-refractivity contribution in [1.82, 2.24) is 10.1 Å². The maximum absolute atomic E-state index is 11.5. The number of unbranched alkanes of at least 4 members (excludes halogenated alkanes) is 1. The summed E-state index contributed by atoms with van der Waals surface area (Å²) in [6.45, 7) is 0.256. The van der Waals surface area contributed by atoms with Gasteiger partial charge in [0, 0.05) is 23.4 Å². The number of halogens is 1. The van der Waals surface area contributed by atoms with Gasteiger partial charge in [0.1, 0.15) is 0 Å². The molecule has 0 spiro atoms. The van der Waals surface area contributed by atoms with E-state index in [1.807, 2.05) is 6.07 Å². The van der Waals surface area contributed by atoms with Crippen molar-refractivity contribution in [1.29, 1.82) is 5.26 Å². The van der Waals surface area contributed by atoms with Gasteiger partial charge in [0.05, 0.1) is 19.1 Å². The lowest BCUT2D eigenvalue weighted by Gasteiger charge is -2.01. The van der Waals surface area contributed by atoms with Crippen LogP contribution in [0.5, 0.6) is 0 Å². The molecule has 0 radical (unpaired) electrons. The van der Waals surface area contributed by atoms with Crippen molar-refractivity contribution in [3.8, 4) is 17.5 Å². The molecule has 0 saturated heterocycles. The zero-order valence-electron chi connectivity index (χ0n) is 11.8. The number of aromatic nitrogens is 2. The van der Waals surface area contributed by atoms with Crippen LogP contribution in [0, 0.1) is 11.3 Å². The molecule has 1 aromatic carbocycles. The molecule has 0 saturated carbocycles. The van der Waals surface area contributed by atoms with Gasteiger partial charge in [0.15, 0.2) is 0 Å². The Morgan fingerprint density at radius 2 is 2.14 bits per heavy atom. The maximum atomic E-state index is 11.5. The smallest absolute Gasteiger partial charge is 0.306 e. The summed E-state index contributed by atoms with van der Waals surface area (Å²) < 4.78 is 10.1. The minimum absolute atomic E-state index is 0.162. The summed E-state index contributed by atoms with van der Waals surface area (Å²) in [7, 11) is 0. The standard InChI is InChI=1S/C15H14ClN3O3/c16-12-5-3-11(4-6-12)15-18-13(22-19-15)7-8-14(20)21-10-2-1-9-17/h3-6H,1-2,7-8,10H2. The Kier molecular flexibility index (Phi) is 5.92. The summed E-state index contributed by atoms with van der Waals surface area (Å²) in [5.74, 6) is 0.483. The van der Waals surface area contributed by atoms with Crippen LogP contribution >= 0.6 is 11.6 Å².